The Morgan fingerprint density at radius 3 is 2.61 bits per heavy atom. The number of halogens is 2. The maximum atomic E-state index is 13.3. The standard InChI is InChI=1S/C14H10ClFO2/c1-18-13-5-3-2-4-10(13)14(17)9-6-7-11(15)12(16)8-9/h2-8H,1H3. The molecule has 4 heteroatoms. The van der Waals surface area contributed by atoms with E-state index >= 15 is 0 Å². The molecule has 2 rings (SSSR count). The van der Waals surface area contributed by atoms with Crippen LogP contribution in [0.4, 0.5) is 4.39 Å². The summed E-state index contributed by atoms with van der Waals surface area (Å²) in [5.74, 6) is -0.460. The minimum atomic E-state index is -0.614. The molecule has 0 fully saturated rings. The Hall–Kier alpha value is -1.87. The topological polar surface area (TPSA) is 26.3 Å². The number of carbonyl (C=O) groups is 1. The monoisotopic (exact) mass is 264 g/mol. The maximum Gasteiger partial charge on any atom is 0.196 e. The molecule has 0 aliphatic heterocycles. The van der Waals surface area contributed by atoms with Crippen molar-refractivity contribution >= 4 is 17.4 Å². The van der Waals surface area contributed by atoms with Gasteiger partial charge in [-0.3, -0.25) is 4.79 Å². The molecule has 0 aliphatic carbocycles. The van der Waals surface area contributed by atoms with Gasteiger partial charge in [-0.1, -0.05) is 23.7 Å². The summed E-state index contributed by atoms with van der Waals surface area (Å²) in [4.78, 5) is 12.2. The molecule has 0 radical (unpaired) electrons. The van der Waals surface area contributed by atoms with Crippen molar-refractivity contribution in [2.45, 2.75) is 0 Å². The van der Waals surface area contributed by atoms with Crippen LogP contribution in [0.15, 0.2) is 42.5 Å². The zero-order chi connectivity index (χ0) is 13.1. The lowest BCUT2D eigenvalue weighted by Gasteiger charge is -2.07. The highest BCUT2D eigenvalue weighted by molar-refractivity contribution is 6.30. The first-order valence-corrected chi connectivity index (χ1v) is 5.64. The van der Waals surface area contributed by atoms with E-state index in [0.717, 1.165) is 6.07 Å². The van der Waals surface area contributed by atoms with Crippen LogP contribution in [0.1, 0.15) is 15.9 Å². The van der Waals surface area contributed by atoms with Crippen molar-refractivity contribution in [3.8, 4) is 5.75 Å². The van der Waals surface area contributed by atoms with Crippen LogP contribution in [0.3, 0.4) is 0 Å². The second-order valence-corrected chi connectivity index (χ2v) is 4.07. The number of hydrogen-bond acceptors (Lipinski definition) is 2. The third-order valence-electron chi connectivity index (χ3n) is 2.53. The number of carbonyl (C=O) groups excluding carboxylic acids is 1. The Morgan fingerprint density at radius 2 is 1.94 bits per heavy atom. The number of hydrogen-bond donors (Lipinski definition) is 0. The Bertz CT molecular complexity index is 596. The molecule has 2 aromatic rings. The van der Waals surface area contributed by atoms with Crippen molar-refractivity contribution in [2.75, 3.05) is 7.11 Å². The molecular formula is C14H10ClFO2. The third kappa shape index (κ3) is 2.36. The highest BCUT2D eigenvalue weighted by atomic mass is 35.5. The molecule has 0 saturated heterocycles. The quantitative estimate of drug-likeness (QED) is 0.790. The Kier molecular flexibility index (Phi) is 3.63. The minimum Gasteiger partial charge on any atom is -0.496 e. The molecule has 0 bridgehead atoms. The number of benzene rings is 2. The SMILES string of the molecule is COc1ccccc1C(=O)c1ccc(Cl)c(F)c1. The molecule has 2 nitrogen and oxygen atoms in total. The predicted molar refractivity (Wildman–Crippen MR) is 67.8 cm³/mol. The van der Waals surface area contributed by atoms with Crippen molar-refractivity contribution in [3.63, 3.8) is 0 Å². The van der Waals surface area contributed by atoms with Crippen LogP contribution in [0.25, 0.3) is 0 Å². The Morgan fingerprint density at radius 1 is 1.22 bits per heavy atom. The van der Waals surface area contributed by atoms with Crippen molar-refractivity contribution in [1.29, 1.82) is 0 Å². The summed E-state index contributed by atoms with van der Waals surface area (Å²) in [5, 5.41) is -0.00780. The van der Waals surface area contributed by atoms with Crippen LogP contribution in [0, 0.1) is 5.82 Å². The zero-order valence-electron chi connectivity index (χ0n) is 9.61. The summed E-state index contributed by atoms with van der Waals surface area (Å²) < 4.78 is 18.4. The number of ether oxygens (including phenoxy) is 1. The summed E-state index contributed by atoms with van der Waals surface area (Å²) in [5.41, 5.74) is 0.628. The summed E-state index contributed by atoms with van der Waals surface area (Å²) in [6.45, 7) is 0. The zero-order valence-corrected chi connectivity index (χ0v) is 10.4. The van der Waals surface area contributed by atoms with Gasteiger partial charge in [0, 0.05) is 5.56 Å². The van der Waals surface area contributed by atoms with Gasteiger partial charge in [-0.25, -0.2) is 4.39 Å². The molecule has 0 aliphatic rings. The van der Waals surface area contributed by atoms with Crippen LogP contribution in [-0.2, 0) is 0 Å². The van der Waals surface area contributed by atoms with Gasteiger partial charge >= 0.3 is 0 Å². The molecule has 92 valence electrons. The molecule has 0 saturated carbocycles. The fourth-order valence-electron chi connectivity index (χ4n) is 1.63. The maximum absolute atomic E-state index is 13.3. The van der Waals surface area contributed by atoms with E-state index in [1.54, 1.807) is 24.3 Å². The molecule has 2 aromatic carbocycles. The van der Waals surface area contributed by atoms with Gasteiger partial charge in [0.2, 0.25) is 0 Å². The molecule has 0 N–H and O–H groups in total. The molecule has 0 unspecified atom stereocenters. The number of para-hydroxylation sites is 1. The van der Waals surface area contributed by atoms with Crippen LogP contribution < -0.4 is 4.74 Å². The van der Waals surface area contributed by atoms with E-state index in [2.05, 4.69) is 0 Å². The van der Waals surface area contributed by atoms with Crippen LogP contribution >= 0.6 is 11.6 Å². The first-order chi connectivity index (χ1) is 8.63. The van der Waals surface area contributed by atoms with Crippen molar-refractivity contribution in [3.05, 3.63) is 64.4 Å². The van der Waals surface area contributed by atoms with Crippen LogP contribution in [0.5, 0.6) is 5.75 Å². The largest absolute Gasteiger partial charge is 0.496 e. The predicted octanol–water partition coefficient (Wildman–Crippen LogP) is 3.72. The average molecular weight is 265 g/mol. The highest BCUT2D eigenvalue weighted by Gasteiger charge is 2.15. The molecule has 0 heterocycles. The van der Waals surface area contributed by atoms with Gasteiger partial charge < -0.3 is 4.74 Å². The van der Waals surface area contributed by atoms with E-state index in [1.165, 1.54) is 19.2 Å². The molecule has 18 heavy (non-hydrogen) atoms. The normalized spacial score (nSPS) is 10.2. The van der Waals surface area contributed by atoms with Gasteiger partial charge in [-0.15, -0.1) is 0 Å². The van der Waals surface area contributed by atoms with E-state index in [1.807, 2.05) is 0 Å². The number of methoxy groups -OCH3 is 1. The van der Waals surface area contributed by atoms with E-state index in [4.69, 9.17) is 16.3 Å². The first-order valence-electron chi connectivity index (χ1n) is 5.26. The summed E-state index contributed by atoms with van der Waals surface area (Å²) in [7, 11) is 1.48. The smallest absolute Gasteiger partial charge is 0.196 e. The number of rotatable bonds is 3. The first kappa shape index (κ1) is 12.6. The van der Waals surface area contributed by atoms with Gasteiger partial charge in [0.15, 0.2) is 5.78 Å². The number of ketones is 1. The molecular weight excluding hydrogens is 255 g/mol. The van der Waals surface area contributed by atoms with E-state index in [0.29, 0.717) is 11.3 Å². The molecule has 0 atom stereocenters. The average Bonchev–Trinajstić information content (AvgIpc) is 2.41. The second-order valence-electron chi connectivity index (χ2n) is 3.66. The fourth-order valence-corrected chi connectivity index (χ4v) is 1.74. The molecule has 0 aromatic heterocycles. The lowest BCUT2D eigenvalue weighted by Crippen LogP contribution is -2.04. The van der Waals surface area contributed by atoms with Gasteiger partial charge in [0.05, 0.1) is 17.7 Å². The summed E-state index contributed by atoms with van der Waals surface area (Å²) in [6.07, 6.45) is 0. The van der Waals surface area contributed by atoms with Crippen molar-refractivity contribution < 1.29 is 13.9 Å². The lowest BCUT2D eigenvalue weighted by atomic mass is 10.0. The third-order valence-corrected chi connectivity index (χ3v) is 2.84. The van der Waals surface area contributed by atoms with Gasteiger partial charge in [-0.05, 0) is 30.3 Å². The highest BCUT2D eigenvalue weighted by Crippen LogP contribution is 2.23. The minimum absolute atomic E-state index is 0.00780. The van der Waals surface area contributed by atoms with E-state index in [-0.39, 0.29) is 16.4 Å². The van der Waals surface area contributed by atoms with Crippen molar-refractivity contribution in [1.82, 2.24) is 0 Å². The van der Waals surface area contributed by atoms with Gasteiger partial charge in [0.1, 0.15) is 11.6 Å². The molecule has 0 spiro atoms. The van der Waals surface area contributed by atoms with Crippen molar-refractivity contribution in [2.24, 2.45) is 0 Å². The molecule has 0 amide bonds. The van der Waals surface area contributed by atoms with E-state index < -0.39 is 5.82 Å². The van der Waals surface area contributed by atoms with E-state index in [9.17, 15) is 9.18 Å². The van der Waals surface area contributed by atoms with Gasteiger partial charge in [-0.2, -0.15) is 0 Å². The lowest BCUT2D eigenvalue weighted by molar-refractivity contribution is 0.103. The van der Waals surface area contributed by atoms with Crippen LogP contribution in [-0.4, -0.2) is 12.9 Å². The Labute approximate surface area is 109 Å². The fraction of sp³-hybridized carbons (Fsp3) is 0.0714. The Balaban J connectivity index is 2.44. The summed E-state index contributed by atoms with van der Waals surface area (Å²) in [6, 6.07) is 10.8. The summed E-state index contributed by atoms with van der Waals surface area (Å²) >= 11 is 5.58. The van der Waals surface area contributed by atoms with Gasteiger partial charge in [0.25, 0.3) is 0 Å². The van der Waals surface area contributed by atoms with Crippen LogP contribution in [0.2, 0.25) is 5.02 Å². The second kappa shape index (κ2) is 5.19.